The number of carbonyl (C=O) groups excluding carboxylic acids is 3. The van der Waals surface area contributed by atoms with Crippen molar-refractivity contribution in [2.45, 2.75) is 101 Å². The normalized spacial score (nSPS) is 18.8. The number of fused-ring (bicyclic) bond motifs is 8. The van der Waals surface area contributed by atoms with Crippen molar-refractivity contribution in [1.29, 1.82) is 0 Å². The number of benzene rings is 5. The first-order valence-electron chi connectivity index (χ1n) is 21.6. The topological polar surface area (TPSA) is 152 Å². The highest BCUT2D eigenvalue weighted by Crippen LogP contribution is 2.43. The summed E-state index contributed by atoms with van der Waals surface area (Å²) in [6, 6.07) is 27.4. The maximum absolute atomic E-state index is 14.2. The number of thiol groups is 1. The van der Waals surface area contributed by atoms with Gasteiger partial charge in [0.2, 0.25) is 5.91 Å². The Morgan fingerprint density at radius 3 is 2.06 bits per heavy atom. The molecular formula is C50H51N3O9S2. The Bertz CT molecular complexity index is 2820. The maximum atomic E-state index is 14.2. The summed E-state index contributed by atoms with van der Waals surface area (Å²) >= 11 is 4.59. The van der Waals surface area contributed by atoms with Gasteiger partial charge in [-0.3, -0.25) is 18.9 Å². The average Bonchev–Trinajstić information content (AvgIpc) is 3.75. The van der Waals surface area contributed by atoms with Crippen LogP contribution in [0.1, 0.15) is 92.8 Å². The number of para-hydroxylation sites is 2. The van der Waals surface area contributed by atoms with Crippen molar-refractivity contribution >= 4 is 57.5 Å². The van der Waals surface area contributed by atoms with Gasteiger partial charge in [0.1, 0.15) is 24.2 Å². The van der Waals surface area contributed by atoms with Crippen LogP contribution in [0, 0.1) is 6.92 Å². The lowest BCUT2D eigenvalue weighted by Crippen LogP contribution is -2.47. The Kier molecular flexibility index (Phi) is 11.5. The van der Waals surface area contributed by atoms with Crippen molar-refractivity contribution in [3.63, 3.8) is 0 Å². The zero-order chi connectivity index (χ0) is 45.1. The summed E-state index contributed by atoms with van der Waals surface area (Å²) < 4.78 is 54.6. The third-order valence-electron chi connectivity index (χ3n) is 12.8. The molecule has 3 atom stereocenters. The minimum atomic E-state index is -4.56. The van der Waals surface area contributed by atoms with Crippen LogP contribution in [0.5, 0.6) is 17.2 Å². The predicted octanol–water partition coefficient (Wildman–Crippen LogP) is 8.49. The molecule has 0 fully saturated rings. The van der Waals surface area contributed by atoms with E-state index < -0.39 is 21.4 Å². The fourth-order valence-corrected chi connectivity index (χ4v) is 10.8. The smallest absolute Gasteiger partial charge is 0.270 e. The summed E-state index contributed by atoms with van der Waals surface area (Å²) in [5.41, 5.74) is 8.58. The second kappa shape index (κ2) is 16.9. The number of ether oxygens (including phenoxy) is 3. The number of rotatable bonds is 12. The van der Waals surface area contributed by atoms with Crippen LogP contribution in [-0.4, -0.2) is 59.9 Å². The number of hydrogen-bond acceptors (Lipinski definition) is 9. The summed E-state index contributed by atoms with van der Waals surface area (Å²) in [5, 5.41) is 1.78. The van der Waals surface area contributed by atoms with Crippen LogP contribution >= 0.6 is 12.6 Å². The molecule has 4 heterocycles. The van der Waals surface area contributed by atoms with Gasteiger partial charge in [0, 0.05) is 45.4 Å². The van der Waals surface area contributed by atoms with Gasteiger partial charge in [0.15, 0.2) is 11.5 Å². The van der Waals surface area contributed by atoms with Crippen molar-refractivity contribution in [1.82, 2.24) is 0 Å². The molecule has 5 aromatic rings. The van der Waals surface area contributed by atoms with Gasteiger partial charge in [0.25, 0.3) is 21.9 Å². The van der Waals surface area contributed by atoms with Gasteiger partial charge < -0.3 is 29.3 Å². The Labute approximate surface area is 379 Å². The average molecular weight is 902 g/mol. The third kappa shape index (κ3) is 8.58. The molecule has 0 aromatic heterocycles. The number of methoxy groups -OCH3 is 1. The SMILES string of the molecule is COc1cc2c(cc1OCc1cc(COc3cc4c(cc3C)C(=O)N3c5ccccc5C[C@H]3C(S(=O)(=O)O)C4)cc(NC(=O)CCC(C)(C)S)c1)CC[C@@H]1Cc3ccccc3N1C2=O. The van der Waals surface area contributed by atoms with Crippen molar-refractivity contribution in [2.24, 2.45) is 0 Å². The van der Waals surface area contributed by atoms with Gasteiger partial charge in [-0.1, -0.05) is 50.2 Å². The van der Waals surface area contributed by atoms with Gasteiger partial charge >= 0.3 is 0 Å². The lowest BCUT2D eigenvalue weighted by atomic mass is 9.97. The minimum Gasteiger partial charge on any atom is -0.493 e. The fourth-order valence-electron chi connectivity index (χ4n) is 9.68. The molecular weight excluding hydrogens is 851 g/mol. The quantitative estimate of drug-likeness (QED) is 0.0827. The van der Waals surface area contributed by atoms with Gasteiger partial charge in [-0.25, -0.2) is 0 Å². The number of amides is 3. The van der Waals surface area contributed by atoms with E-state index in [1.165, 1.54) is 10.5 Å². The predicted molar refractivity (Wildman–Crippen MR) is 249 cm³/mol. The van der Waals surface area contributed by atoms with Gasteiger partial charge in [-0.2, -0.15) is 21.0 Å². The van der Waals surface area contributed by atoms with Crippen molar-refractivity contribution in [3.05, 3.63) is 141 Å². The van der Waals surface area contributed by atoms with Gasteiger partial charge in [0.05, 0.1) is 13.2 Å². The largest absolute Gasteiger partial charge is 0.493 e. The number of hydrogen-bond donors (Lipinski definition) is 3. The number of anilines is 3. The van der Waals surface area contributed by atoms with Gasteiger partial charge in [-0.05, 0) is 139 Å². The first-order valence-corrected chi connectivity index (χ1v) is 23.5. The molecule has 4 aliphatic rings. The van der Waals surface area contributed by atoms with Crippen molar-refractivity contribution in [3.8, 4) is 17.2 Å². The van der Waals surface area contributed by atoms with E-state index in [0.29, 0.717) is 75.7 Å². The molecule has 14 heteroatoms. The highest BCUT2D eigenvalue weighted by atomic mass is 32.2. The summed E-state index contributed by atoms with van der Waals surface area (Å²) in [7, 11) is -3.01. The fraction of sp³-hybridized carbons (Fsp3) is 0.340. The van der Waals surface area contributed by atoms with Crippen LogP contribution in [0.15, 0.2) is 91.0 Å². The lowest BCUT2D eigenvalue weighted by molar-refractivity contribution is -0.116. The second-order valence-electron chi connectivity index (χ2n) is 17.9. The van der Waals surface area contributed by atoms with Crippen LogP contribution in [0.3, 0.4) is 0 Å². The number of nitrogens with zero attached hydrogens (tertiary/aromatic N) is 2. The molecule has 9 rings (SSSR count). The molecule has 0 aliphatic carbocycles. The van der Waals surface area contributed by atoms with Crippen LogP contribution in [0.25, 0.3) is 0 Å². The maximum Gasteiger partial charge on any atom is 0.270 e. The van der Waals surface area contributed by atoms with E-state index in [9.17, 15) is 27.4 Å². The van der Waals surface area contributed by atoms with Crippen LogP contribution in [0.2, 0.25) is 0 Å². The number of carbonyl (C=O) groups is 3. The summed E-state index contributed by atoms with van der Waals surface area (Å²) in [4.78, 5) is 44.9. The Hall–Kier alpha value is -5.83. The van der Waals surface area contributed by atoms with E-state index in [2.05, 4.69) is 24.0 Å². The highest BCUT2D eigenvalue weighted by molar-refractivity contribution is 7.86. The van der Waals surface area contributed by atoms with Gasteiger partial charge in [-0.15, -0.1) is 0 Å². The van der Waals surface area contributed by atoms with E-state index in [0.717, 1.165) is 35.2 Å². The Morgan fingerprint density at radius 2 is 1.39 bits per heavy atom. The summed E-state index contributed by atoms with van der Waals surface area (Å²) in [6.07, 6.45) is 3.38. The van der Waals surface area contributed by atoms with Crippen LogP contribution in [0.4, 0.5) is 17.1 Å². The molecule has 0 spiro atoms. The van der Waals surface area contributed by atoms with Crippen LogP contribution in [-0.2, 0) is 53.8 Å². The highest BCUT2D eigenvalue weighted by Gasteiger charge is 2.47. The molecule has 5 aromatic carbocycles. The number of nitrogens with one attached hydrogen (secondary N) is 1. The molecule has 332 valence electrons. The lowest BCUT2D eigenvalue weighted by Gasteiger charge is -2.27. The molecule has 4 aliphatic heterocycles. The molecule has 1 unspecified atom stereocenters. The molecule has 12 nitrogen and oxygen atoms in total. The number of aryl methyl sites for hydroxylation is 2. The third-order valence-corrected chi connectivity index (χ3v) is 14.3. The van der Waals surface area contributed by atoms with Crippen molar-refractivity contribution < 1.29 is 41.6 Å². The molecule has 0 saturated carbocycles. The molecule has 64 heavy (non-hydrogen) atoms. The zero-order valence-electron chi connectivity index (χ0n) is 36.2. The molecule has 0 bridgehead atoms. The first kappa shape index (κ1) is 43.4. The Morgan fingerprint density at radius 1 is 0.781 bits per heavy atom. The van der Waals surface area contributed by atoms with E-state index in [4.69, 9.17) is 14.2 Å². The minimum absolute atomic E-state index is 0.0534. The standard InChI is InChI=1S/C50H51N3O9S2/c1-29-17-38-35(25-46(64(57,58)59)42-22-34-10-6-8-12-41(34)53(42)49(38)56)24-43(29)61-27-30-18-31(20-36(19-30)51-47(54)15-16-50(2,3)63)28-62-45-23-32-13-14-37-21-33-9-5-7-11-40(33)52(37)48(55)39(32)26-44(45)60-4/h5-12,17-20,23-24,26,37,42,46,63H,13-16,21-22,25,27-28H2,1-4H3,(H,51,54)(H,57,58,59)/t37-,42+,46?/m1/s1. The summed E-state index contributed by atoms with van der Waals surface area (Å²) in [6.45, 7) is 5.90. The van der Waals surface area contributed by atoms with Crippen LogP contribution < -0.4 is 29.3 Å². The zero-order valence-corrected chi connectivity index (χ0v) is 37.9. The molecule has 0 radical (unpaired) electrons. The second-order valence-corrected chi connectivity index (χ2v) is 20.8. The monoisotopic (exact) mass is 901 g/mol. The van der Waals surface area contributed by atoms with E-state index in [-0.39, 0.29) is 54.6 Å². The van der Waals surface area contributed by atoms with E-state index in [1.54, 1.807) is 31.4 Å². The Balaban J connectivity index is 0.981. The molecule has 0 saturated heterocycles. The summed E-state index contributed by atoms with van der Waals surface area (Å²) in [5.74, 6) is 0.807. The van der Waals surface area contributed by atoms with E-state index >= 15 is 0 Å². The van der Waals surface area contributed by atoms with Crippen molar-refractivity contribution in [2.75, 3.05) is 22.2 Å². The van der Waals surface area contributed by atoms with E-state index in [1.807, 2.05) is 86.3 Å². The molecule has 2 N–H and O–H groups in total. The molecule has 3 amide bonds. The first-order chi connectivity index (χ1) is 30.5.